The van der Waals surface area contributed by atoms with E-state index in [4.69, 9.17) is 4.74 Å². The van der Waals surface area contributed by atoms with Crippen LogP contribution in [0.15, 0.2) is 59.7 Å². The number of hydrogen-bond donors (Lipinski definition) is 0. The third-order valence-corrected chi connectivity index (χ3v) is 4.09. The maximum absolute atomic E-state index is 5.22. The number of ether oxygens (including phenoxy) is 1. The lowest BCUT2D eigenvalue weighted by molar-refractivity contribution is 0.414. The predicted molar refractivity (Wildman–Crippen MR) is 100 cm³/mol. The summed E-state index contributed by atoms with van der Waals surface area (Å²) in [5, 5.41) is 0. The molecule has 2 aromatic carbocycles. The lowest BCUT2D eigenvalue weighted by Gasteiger charge is -2.06. The maximum Gasteiger partial charge on any atom is 0.119 e. The van der Waals surface area contributed by atoms with E-state index in [2.05, 4.69) is 72.9 Å². The van der Waals surface area contributed by atoms with Crippen molar-refractivity contribution in [1.82, 2.24) is 4.57 Å². The van der Waals surface area contributed by atoms with Crippen molar-refractivity contribution in [2.24, 2.45) is 4.99 Å². The standard InChI is InChI=1S/C21H22N2O/c1-15-5-10-21(16(2)11-15)22-13-18-12-17(3)23(14-18)19-6-8-20(24-4)9-7-19/h5-14H,1-4H3. The molecule has 3 heteroatoms. The minimum absolute atomic E-state index is 0.861. The van der Waals surface area contributed by atoms with Gasteiger partial charge < -0.3 is 9.30 Å². The largest absolute Gasteiger partial charge is 0.497 e. The monoisotopic (exact) mass is 318 g/mol. The Bertz CT molecular complexity index is 873. The van der Waals surface area contributed by atoms with Crippen LogP contribution in [0, 0.1) is 20.8 Å². The number of benzene rings is 2. The van der Waals surface area contributed by atoms with Gasteiger partial charge in [0.25, 0.3) is 0 Å². The summed E-state index contributed by atoms with van der Waals surface area (Å²) in [4.78, 5) is 4.63. The molecule has 0 fully saturated rings. The highest BCUT2D eigenvalue weighted by Crippen LogP contribution is 2.21. The van der Waals surface area contributed by atoms with Crippen molar-refractivity contribution in [3.63, 3.8) is 0 Å². The Hall–Kier alpha value is -2.81. The fourth-order valence-electron chi connectivity index (χ4n) is 2.78. The average Bonchev–Trinajstić information content (AvgIpc) is 2.95. The molecular formula is C21H22N2O. The molecule has 122 valence electrons. The van der Waals surface area contributed by atoms with Crippen molar-refractivity contribution >= 4 is 11.9 Å². The summed E-state index contributed by atoms with van der Waals surface area (Å²) in [6.45, 7) is 6.28. The number of aryl methyl sites for hydroxylation is 3. The zero-order chi connectivity index (χ0) is 17.1. The quantitative estimate of drug-likeness (QED) is 0.610. The first-order chi connectivity index (χ1) is 11.6. The van der Waals surface area contributed by atoms with E-state index in [-0.39, 0.29) is 0 Å². The molecule has 24 heavy (non-hydrogen) atoms. The second-order valence-corrected chi connectivity index (χ2v) is 6.03. The van der Waals surface area contributed by atoms with Crippen molar-refractivity contribution in [1.29, 1.82) is 0 Å². The van der Waals surface area contributed by atoms with Crippen molar-refractivity contribution < 1.29 is 4.74 Å². The van der Waals surface area contributed by atoms with E-state index in [1.807, 2.05) is 18.3 Å². The first-order valence-corrected chi connectivity index (χ1v) is 8.01. The van der Waals surface area contributed by atoms with Crippen LogP contribution in [-0.2, 0) is 0 Å². The highest BCUT2D eigenvalue weighted by atomic mass is 16.5. The zero-order valence-electron chi connectivity index (χ0n) is 14.6. The zero-order valence-corrected chi connectivity index (χ0v) is 14.6. The van der Waals surface area contributed by atoms with Gasteiger partial charge in [0.15, 0.2) is 0 Å². The molecule has 1 heterocycles. The lowest BCUT2D eigenvalue weighted by Crippen LogP contribution is -1.94. The molecule has 0 aliphatic heterocycles. The van der Waals surface area contributed by atoms with Gasteiger partial charge in [-0.3, -0.25) is 4.99 Å². The summed E-state index contributed by atoms with van der Waals surface area (Å²) in [7, 11) is 1.68. The molecule has 0 N–H and O–H groups in total. The second kappa shape index (κ2) is 6.75. The minimum atomic E-state index is 0.861. The summed E-state index contributed by atoms with van der Waals surface area (Å²) in [6.07, 6.45) is 4.02. The van der Waals surface area contributed by atoms with Crippen molar-refractivity contribution in [3.8, 4) is 11.4 Å². The predicted octanol–water partition coefficient (Wildman–Crippen LogP) is 5.16. The third kappa shape index (κ3) is 3.40. The van der Waals surface area contributed by atoms with Crippen molar-refractivity contribution in [2.45, 2.75) is 20.8 Å². The molecule has 0 aliphatic carbocycles. The van der Waals surface area contributed by atoms with E-state index in [1.165, 1.54) is 16.8 Å². The first-order valence-electron chi connectivity index (χ1n) is 8.01. The fourth-order valence-corrected chi connectivity index (χ4v) is 2.78. The highest BCUT2D eigenvalue weighted by Gasteiger charge is 2.04. The van der Waals surface area contributed by atoms with Gasteiger partial charge in [0.2, 0.25) is 0 Å². The van der Waals surface area contributed by atoms with E-state index in [1.54, 1.807) is 7.11 Å². The molecule has 0 radical (unpaired) electrons. The van der Waals surface area contributed by atoms with E-state index in [0.29, 0.717) is 0 Å². The fraction of sp³-hybridized carbons (Fsp3) is 0.190. The van der Waals surface area contributed by atoms with Crippen molar-refractivity contribution in [3.05, 3.63) is 77.1 Å². The van der Waals surface area contributed by atoms with E-state index in [0.717, 1.165) is 22.7 Å². The van der Waals surface area contributed by atoms with Crippen LogP contribution >= 0.6 is 0 Å². The summed E-state index contributed by atoms with van der Waals surface area (Å²) >= 11 is 0. The molecule has 0 bridgehead atoms. The molecule has 0 saturated heterocycles. The van der Waals surface area contributed by atoms with E-state index < -0.39 is 0 Å². The van der Waals surface area contributed by atoms with E-state index >= 15 is 0 Å². The van der Waals surface area contributed by atoms with Crippen LogP contribution in [0.1, 0.15) is 22.4 Å². The first kappa shape index (κ1) is 16.1. The molecule has 3 rings (SSSR count). The number of nitrogens with zero attached hydrogens (tertiary/aromatic N) is 2. The Morgan fingerprint density at radius 3 is 2.38 bits per heavy atom. The van der Waals surface area contributed by atoms with E-state index in [9.17, 15) is 0 Å². The summed E-state index contributed by atoms with van der Waals surface area (Å²) in [6, 6.07) is 16.5. The molecular weight excluding hydrogens is 296 g/mol. The Labute approximate surface area is 143 Å². The molecule has 3 nitrogen and oxygen atoms in total. The minimum Gasteiger partial charge on any atom is -0.497 e. The summed E-state index contributed by atoms with van der Waals surface area (Å²) in [5.41, 5.74) is 6.82. The van der Waals surface area contributed by atoms with Gasteiger partial charge in [0.1, 0.15) is 5.75 Å². The van der Waals surface area contributed by atoms with Crippen LogP contribution in [0.2, 0.25) is 0 Å². The average molecular weight is 318 g/mol. The normalized spacial score (nSPS) is 11.2. The molecule has 0 saturated carbocycles. The van der Waals surface area contributed by atoms with Crippen LogP contribution < -0.4 is 4.74 Å². The Kier molecular flexibility index (Phi) is 4.52. The molecule has 1 aromatic heterocycles. The molecule has 0 atom stereocenters. The Morgan fingerprint density at radius 2 is 1.71 bits per heavy atom. The van der Waals surface area contributed by atoms with Gasteiger partial charge in [-0.2, -0.15) is 0 Å². The van der Waals surface area contributed by atoms with Crippen molar-refractivity contribution in [2.75, 3.05) is 7.11 Å². The van der Waals surface area contributed by atoms with Gasteiger partial charge in [0.05, 0.1) is 12.8 Å². The van der Waals surface area contributed by atoms with Crippen LogP contribution in [0.4, 0.5) is 5.69 Å². The number of methoxy groups -OCH3 is 1. The van der Waals surface area contributed by atoms with Gasteiger partial charge in [0, 0.05) is 29.4 Å². The highest BCUT2D eigenvalue weighted by molar-refractivity contribution is 5.82. The van der Waals surface area contributed by atoms with Crippen LogP contribution in [0.5, 0.6) is 5.75 Å². The number of aliphatic imine (C=N–C) groups is 1. The Balaban J connectivity index is 1.86. The number of hydrogen-bond acceptors (Lipinski definition) is 2. The number of aromatic nitrogens is 1. The topological polar surface area (TPSA) is 26.5 Å². The Morgan fingerprint density at radius 1 is 0.958 bits per heavy atom. The van der Waals surface area contributed by atoms with Gasteiger partial charge in [-0.25, -0.2) is 0 Å². The van der Waals surface area contributed by atoms with Gasteiger partial charge >= 0.3 is 0 Å². The second-order valence-electron chi connectivity index (χ2n) is 6.03. The SMILES string of the molecule is COc1ccc(-n2cc(C=Nc3ccc(C)cc3C)cc2C)cc1. The van der Waals surface area contributed by atoms with Crippen LogP contribution in [0.3, 0.4) is 0 Å². The smallest absolute Gasteiger partial charge is 0.119 e. The van der Waals surface area contributed by atoms with Gasteiger partial charge in [-0.05, 0) is 62.7 Å². The summed E-state index contributed by atoms with van der Waals surface area (Å²) < 4.78 is 7.37. The molecule has 0 amide bonds. The lowest BCUT2D eigenvalue weighted by atomic mass is 10.1. The van der Waals surface area contributed by atoms with Gasteiger partial charge in [-0.1, -0.05) is 17.7 Å². The molecule has 3 aromatic rings. The maximum atomic E-state index is 5.22. The summed E-state index contributed by atoms with van der Waals surface area (Å²) in [5.74, 6) is 0.861. The van der Waals surface area contributed by atoms with Crippen LogP contribution in [-0.4, -0.2) is 17.9 Å². The van der Waals surface area contributed by atoms with Gasteiger partial charge in [-0.15, -0.1) is 0 Å². The molecule has 0 aliphatic rings. The van der Waals surface area contributed by atoms with Crippen LogP contribution in [0.25, 0.3) is 5.69 Å². The molecule has 0 spiro atoms. The third-order valence-electron chi connectivity index (χ3n) is 4.09. The number of rotatable bonds is 4. The molecule has 0 unspecified atom stereocenters.